The first kappa shape index (κ1) is 24.1. The van der Waals surface area contributed by atoms with Crippen molar-refractivity contribution in [3.63, 3.8) is 0 Å². The van der Waals surface area contributed by atoms with Gasteiger partial charge in [-0.2, -0.15) is 5.10 Å². The number of halogens is 1. The summed E-state index contributed by atoms with van der Waals surface area (Å²) >= 11 is 0. The second kappa shape index (κ2) is 12.5. The molecule has 0 aliphatic carbocycles. The predicted molar refractivity (Wildman–Crippen MR) is 134 cm³/mol. The number of guanidine groups is 1. The van der Waals surface area contributed by atoms with Gasteiger partial charge in [-0.3, -0.25) is 9.20 Å². The van der Waals surface area contributed by atoms with Crippen LogP contribution < -0.4 is 10.6 Å². The van der Waals surface area contributed by atoms with Crippen LogP contribution in [0.4, 0.5) is 0 Å². The quantitative estimate of drug-likeness (QED) is 0.260. The molecule has 0 radical (unpaired) electrons. The van der Waals surface area contributed by atoms with E-state index in [0.717, 1.165) is 28.7 Å². The zero-order chi connectivity index (χ0) is 20.5. The molecule has 8 heteroatoms. The summed E-state index contributed by atoms with van der Waals surface area (Å²) < 4.78 is 14.2. The Labute approximate surface area is 197 Å². The van der Waals surface area contributed by atoms with Gasteiger partial charge in [-0.05, 0) is 49.7 Å². The Balaban J connectivity index is 0.00000320. The van der Waals surface area contributed by atoms with Crippen LogP contribution in [0.25, 0.3) is 5.69 Å². The molecule has 0 saturated heterocycles. The first-order valence-corrected chi connectivity index (χ1v) is 11.1. The summed E-state index contributed by atoms with van der Waals surface area (Å²) in [6.07, 6.45) is 3.69. The van der Waals surface area contributed by atoms with Gasteiger partial charge in [0.05, 0.1) is 29.1 Å². The van der Waals surface area contributed by atoms with Gasteiger partial charge in [-0.1, -0.05) is 30.3 Å². The zero-order valence-corrected chi connectivity index (χ0v) is 20.3. The van der Waals surface area contributed by atoms with Crippen LogP contribution in [-0.2, 0) is 10.8 Å². The third-order valence-corrected chi connectivity index (χ3v) is 5.74. The van der Waals surface area contributed by atoms with Crippen molar-refractivity contribution in [2.45, 2.75) is 24.8 Å². The molecule has 1 heterocycles. The highest BCUT2D eigenvalue weighted by Gasteiger charge is 2.10. The van der Waals surface area contributed by atoms with E-state index in [-0.39, 0.29) is 30.0 Å². The van der Waals surface area contributed by atoms with Gasteiger partial charge >= 0.3 is 0 Å². The molecule has 160 valence electrons. The van der Waals surface area contributed by atoms with Crippen molar-refractivity contribution in [3.05, 3.63) is 78.6 Å². The molecule has 0 amide bonds. The predicted octanol–water partition coefficient (Wildman–Crippen LogP) is 3.91. The Kier molecular flexibility index (Phi) is 10.0. The molecule has 0 aliphatic rings. The first-order chi connectivity index (χ1) is 14.2. The summed E-state index contributed by atoms with van der Waals surface area (Å²) in [4.78, 5) is 5.44. The molecule has 1 aromatic heterocycles. The summed E-state index contributed by atoms with van der Waals surface area (Å²) in [5.74, 6) is 1.21. The normalized spacial score (nSPS) is 13.2. The zero-order valence-electron chi connectivity index (χ0n) is 17.2. The highest BCUT2D eigenvalue weighted by atomic mass is 127. The van der Waals surface area contributed by atoms with Gasteiger partial charge < -0.3 is 10.6 Å². The number of benzene rings is 2. The van der Waals surface area contributed by atoms with Crippen molar-refractivity contribution in [3.8, 4) is 5.69 Å². The second-order valence-corrected chi connectivity index (χ2v) is 8.11. The van der Waals surface area contributed by atoms with Crippen LogP contribution in [0.15, 0.2) is 82.9 Å². The van der Waals surface area contributed by atoms with E-state index in [9.17, 15) is 4.21 Å². The van der Waals surface area contributed by atoms with Crippen LogP contribution in [0.3, 0.4) is 0 Å². The van der Waals surface area contributed by atoms with Gasteiger partial charge in [0.25, 0.3) is 0 Å². The van der Waals surface area contributed by atoms with Gasteiger partial charge in [0.15, 0.2) is 5.96 Å². The third-order valence-electron chi connectivity index (χ3n) is 4.39. The molecule has 2 atom stereocenters. The third kappa shape index (κ3) is 6.94. The molecule has 0 spiro atoms. The average molecular weight is 537 g/mol. The Bertz CT molecular complexity index is 947. The molecule has 6 nitrogen and oxygen atoms in total. The maximum Gasteiger partial charge on any atom is 0.191 e. The molecule has 2 unspecified atom stereocenters. The fraction of sp³-hybridized carbons (Fsp3) is 0.273. The van der Waals surface area contributed by atoms with Crippen LogP contribution in [-0.4, -0.2) is 38.8 Å². The molecule has 0 bridgehead atoms. The number of hydrogen-bond acceptors (Lipinski definition) is 3. The van der Waals surface area contributed by atoms with Crippen molar-refractivity contribution < 1.29 is 4.21 Å². The molecule has 0 saturated carbocycles. The number of nitrogens with one attached hydrogen (secondary N) is 2. The summed E-state index contributed by atoms with van der Waals surface area (Å²) in [7, 11) is -1.05. The van der Waals surface area contributed by atoms with E-state index in [4.69, 9.17) is 0 Å². The topological polar surface area (TPSA) is 71.3 Å². The Morgan fingerprint density at radius 2 is 1.97 bits per heavy atom. The van der Waals surface area contributed by atoms with Crippen molar-refractivity contribution in [2.75, 3.05) is 18.8 Å². The van der Waals surface area contributed by atoms with E-state index in [2.05, 4.69) is 39.8 Å². The van der Waals surface area contributed by atoms with Crippen LogP contribution in [0, 0.1) is 0 Å². The minimum Gasteiger partial charge on any atom is -0.357 e. The summed E-state index contributed by atoms with van der Waals surface area (Å²) in [6.45, 7) is 5.37. The van der Waals surface area contributed by atoms with Crippen LogP contribution in [0.1, 0.15) is 25.5 Å². The maximum atomic E-state index is 12.4. The van der Waals surface area contributed by atoms with Gasteiger partial charge in [0.1, 0.15) is 0 Å². The second-order valence-electron chi connectivity index (χ2n) is 6.54. The molecule has 30 heavy (non-hydrogen) atoms. The lowest BCUT2D eigenvalue weighted by molar-refractivity contribution is 0.679. The Morgan fingerprint density at radius 1 is 1.17 bits per heavy atom. The van der Waals surface area contributed by atoms with Crippen molar-refractivity contribution in [1.29, 1.82) is 0 Å². The molecular formula is C22H28IN5OS. The van der Waals surface area contributed by atoms with E-state index < -0.39 is 10.8 Å². The molecule has 3 rings (SSSR count). The molecule has 2 aromatic carbocycles. The van der Waals surface area contributed by atoms with Crippen LogP contribution >= 0.6 is 24.0 Å². The summed E-state index contributed by atoms with van der Waals surface area (Å²) in [5.41, 5.74) is 2.15. The average Bonchev–Trinajstić information content (AvgIpc) is 3.29. The maximum absolute atomic E-state index is 12.4. The van der Waals surface area contributed by atoms with Crippen LogP contribution in [0.5, 0.6) is 0 Å². The first-order valence-electron chi connectivity index (χ1n) is 9.75. The van der Waals surface area contributed by atoms with E-state index >= 15 is 0 Å². The Morgan fingerprint density at radius 3 is 2.67 bits per heavy atom. The number of rotatable bonds is 8. The highest BCUT2D eigenvalue weighted by molar-refractivity contribution is 14.0. The minimum absolute atomic E-state index is 0. The monoisotopic (exact) mass is 537 g/mol. The molecule has 0 aliphatic heterocycles. The smallest absolute Gasteiger partial charge is 0.191 e. The number of aliphatic imine (C=N–C) groups is 1. The van der Waals surface area contributed by atoms with Gasteiger partial charge in [-0.15, -0.1) is 24.0 Å². The lowest BCUT2D eigenvalue weighted by Crippen LogP contribution is -2.39. The van der Waals surface area contributed by atoms with Crippen LogP contribution in [0.2, 0.25) is 0 Å². The molecule has 2 N–H and O–H groups in total. The number of nitrogens with zero attached hydrogens (tertiary/aromatic N) is 3. The molecular weight excluding hydrogens is 509 g/mol. The summed E-state index contributed by atoms with van der Waals surface area (Å²) in [5, 5.41) is 11.0. The van der Waals surface area contributed by atoms with E-state index in [1.165, 1.54) is 0 Å². The van der Waals surface area contributed by atoms with Crippen molar-refractivity contribution >= 4 is 40.7 Å². The van der Waals surface area contributed by atoms with Crippen molar-refractivity contribution in [1.82, 2.24) is 20.4 Å². The van der Waals surface area contributed by atoms with Crippen molar-refractivity contribution in [2.24, 2.45) is 4.99 Å². The highest BCUT2D eigenvalue weighted by Crippen LogP contribution is 2.16. The fourth-order valence-electron chi connectivity index (χ4n) is 2.90. The van der Waals surface area contributed by atoms with Gasteiger partial charge in [0.2, 0.25) is 0 Å². The van der Waals surface area contributed by atoms with E-state index in [1.54, 1.807) is 6.20 Å². The van der Waals surface area contributed by atoms with E-state index in [0.29, 0.717) is 12.3 Å². The molecule has 0 fully saturated rings. The molecule has 3 aromatic rings. The minimum atomic E-state index is -1.05. The number of aromatic nitrogens is 2. The van der Waals surface area contributed by atoms with E-state index in [1.807, 2.05) is 66.3 Å². The SMILES string of the molecule is CCNC(=NCCS(=O)c1ccccc1)NC(C)c1cccc(-n2cccn2)c1.I. The lowest BCUT2D eigenvalue weighted by atomic mass is 10.1. The largest absolute Gasteiger partial charge is 0.357 e. The number of hydrogen-bond donors (Lipinski definition) is 2. The standard InChI is InChI=1S/C22H27N5OS.HI/c1-3-23-22(24-14-16-29(28)21-11-5-4-6-12-21)26-18(2)19-9-7-10-20(17-19)27-15-8-13-25-27;/h4-13,15,17-18H,3,14,16H2,1-2H3,(H2,23,24,26);1H. The fourth-order valence-corrected chi connectivity index (χ4v) is 3.85. The van der Waals surface area contributed by atoms with Gasteiger partial charge in [0, 0.05) is 29.6 Å². The lowest BCUT2D eigenvalue weighted by Gasteiger charge is -2.19. The Hall–Kier alpha value is -2.20. The summed E-state index contributed by atoms with van der Waals surface area (Å²) in [6, 6.07) is 19.7. The van der Waals surface area contributed by atoms with Gasteiger partial charge in [-0.25, -0.2) is 4.68 Å².